The number of nitrogens with one attached hydrogen (secondary N) is 1. The molecule has 4 nitrogen and oxygen atoms in total. The molecule has 0 radical (unpaired) electrons. The molecule has 0 bridgehead atoms. The predicted molar refractivity (Wildman–Crippen MR) is 88.0 cm³/mol. The molecule has 0 saturated heterocycles. The lowest BCUT2D eigenvalue weighted by atomic mass is 10.2. The van der Waals surface area contributed by atoms with Crippen LogP contribution in [-0.4, -0.2) is 15.5 Å². The number of halogens is 2. The number of benzene rings is 2. The van der Waals surface area contributed by atoms with Crippen LogP contribution in [0.25, 0.3) is 11.0 Å². The molecule has 0 saturated carbocycles. The smallest absolute Gasteiger partial charge is 0.254 e. The fraction of sp³-hybridized carbons (Fsp3) is 0.176. The van der Waals surface area contributed by atoms with Crippen molar-refractivity contribution in [2.75, 3.05) is 0 Å². The SMILES string of the molecule is CCn1c(CNC(=O)c2cc(Cl)ccc2F)nc2ccccc21. The number of nitrogens with zero attached hydrogens (tertiary/aromatic N) is 2. The van der Waals surface area contributed by atoms with Crippen LogP contribution in [0.15, 0.2) is 42.5 Å². The monoisotopic (exact) mass is 331 g/mol. The molecular weight excluding hydrogens is 317 g/mol. The number of hydrogen-bond donors (Lipinski definition) is 1. The van der Waals surface area contributed by atoms with Crippen LogP contribution in [0.2, 0.25) is 5.02 Å². The minimum Gasteiger partial charge on any atom is -0.345 e. The number of imidazole rings is 1. The highest BCUT2D eigenvalue weighted by atomic mass is 35.5. The quantitative estimate of drug-likeness (QED) is 0.791. The van der Waals surface area contributed by atoms with E-state index in [9.17, 15) is 9.18 Å². The fourth-order valence-corrected chi connectivity index (χ4v) is 2.71. The Kier molecular flexibility index (Phi) is 4.30. The average Bonchev–Trinajstić information content (AvgIpc) is 2.92. The maximum absolute atomic E-state index is 13.7. The van der Waals surface area contributed by atoms with E-state index < -0.39 is 11.7 Å². The lowest BCUT2D eigenvalue weighted by Crippen LogP contribution is -2.25. The van der Waals surface area contributed by atoms with Gasteiger partial charge in [-0.05, 0) is 37.3 Å². The molecule has 0 aliphatic rings. The maximum Gasteiger partial charge on any atom is 0.254 e. The Labute approximate surface area is 137 Å². The van der Waals surface area contributed by atoms with Gasteiger partial charge in [0, 0.05) is 11.6 Å². The summed E-state index contributed by atoms with van der Waals surface area (Å²) in [5, 5.41) is 3.02. The van der Waals surface area contributed by atoms with Crippen LogP contribution in [0.4, 0.5) is 4.39 Å². The molecule has 6 heteroatoms. The topological polar surface area (TPSA) is 46.9 Å². The van der Waals surface area contributed by atoms with Crippen LogP contribution in [0.5, 0.6) is 0 Å². The zero-order valence-corrected chi connectivity index (χ0v) is 13.3. The zero-order valence-electron chi connectivity index (χ0n) is 12.5. The predicted octanol–water partition coefficient (Wildman–Crippen LogP) is 3.78. The number of fused-ring (bicyclic) bond motifs is 1. The number of carbonyl (C=O) groups is 1. The van der Waals surface area contributed by atoms with E-state index in [0.717, 1.165) is 23.4 Å². The molecule has 0 aliphatic carbocycles. The zero-order chi connectivity index (χ0) is 16.4. The molecule has 0 spiro atoms. The van der Waals surface area contributed by atoms with Crippen LogP contribution in [0, 0.1) is 5.82 Å². The summed E-state index contributed by atoms with van der Waals surface area (Å²) in [6.07, 6.45) is 0. The highest BCUT2D eigenvalue weighted by Crippen LogP contribution is 2.17. The van der Waals surface area contributed by atoms with Crippen molar-refractivity contribution >= 4 is 28.5 Å². The summed E-state index contributed by atoms with van der Waals surface area (Å²) in [5.74, 6) is -0.389. The van der Waals surface area contributed by atoms with Crippen LogP contribution in [0.3, 0.4) is 0 Å². The Morgan fingerprint density at radius 1 is 1.30 bits per heavy atom. The van der Waals surface area contributed by atoms with Crippen molar-refractivity contribution in [2.45, 2.75) is 20.0 Å². The third-order valence-electron chi connectivity index (χ3n) is 3.63. The third kappa shape index (κ3) is 3.05. The van der Waals surface area contributed by atoms with Crippen molar-refractivity contribution in [1.82, 2.24) is 14.9 Å². The molecule has 0 fully saturated rings. The van der Waals surface area contributed by atoms with Gasteiger partial charge in [0.25, 0.3) is 5.91 Å². The largest absolute Gasteiger partial charge is 0.345 e. The summed E-state index contributed by atoms with van der Waals surface area (Å²) < 4.78 is 15.7. The van der Waals surface area contributed by atoms with E-state index in [4.69, 9.17) is 11.6 Å². The second kappa shape index (κ2) is 6.38. The Morgan fingerprint density at radius 2 is 2.09 bits per heavy atom. The number of amides is 1. The second-order valence-corrected chi connectivity index (χ2v) is 5.50. The molecule has 0 aliphatic heterocycles. The molecule has 23 heavy (non-hydrogen) atoms. The number of aryl methyl sites for hydroxylation is 1. The number of aromatic nitrogens is 2. The van der Waals surface area contributed by atoms with E-state index >= 15 is 0 Å². The summed E-state index contributed by atoms with van der Waals surface area (Å²) in [6, 6.07) is 11.7. The Bertz CT molecular complexity index is 875. The molecule has 1 N–H and O–H groups in total. The minimum atomic E-state index is -0.601. The van der Waals surface area contributed by atoms with Crippen LogP contribution in [-0.2, 0) is 13.1 Å². The molecule has 118 valence electrons. The lowest BCUT2D eigenvalue weighted by molar-refractivity contribution is 0.0945. The lowest BCUT2D eigenvalue weighted by Gasteiger charge is -2.08. The van der Waals surface area contributed by atoms with E-state index in [0.29, 0.717) is 5.02 Å². The second-order valence-electron chi connectivity index (χ2n) is 5.07. The highest BCUT2D eigenvalue weighted by molar-refractivity contribution is 6.31. The first-order chi connectivity index (χ1) is 11.1. The van der Waals surface area contributed by atoms with E-state index in [1.807, 2.05) is 35.8 Å². The molecule has 1 amide bonds. The standard InChI is InChI=1S/C17H15ClFN3O/c1-2-22-15-6-4-3-5-14(15)21-16(22)10-20-17(23)12-9-11(18)7-8-13(12)19/h3-9H,2,10H2,1H3,(H,20,23). The van der Waals surface area contributed by atoms with Crippen LogP contribution in [0.1, 0.15) is 23.1 Å². The molecule has 1 heterocycles. The van der Waals surface area contributed by atoms with Crippen molar-refractivity contribution < 1.29 is 9.18 Å². The first-order valence-corrected chi connectivity index (χ1v) is 7.65. The molecular formula is C17H15ClFN3O. The number of para-hydroxylation sites is 2. The van der Waals surface area contributed by atoms with Gasteiger partial charge >= 0.3 is 0 Å². The maximum atomic E-state index is 13.7. The summed E-state index contributed by atoms with van der Waals surface area (Å²) in [6.45, 7) is 2.96. The van der Waals surface area contributed by atoms with Gasteiger partial charge in [-0.1, -0.05) is 23.7 Å². The summed E-state index contributed by atoms with van der Waals surface area (Å²) >= 11 is 5.82. The molecule has 3 rings (SSSR count). The van der Waals surface area contributed by atoms with E-state index in [-0.39, 0.29) is 12.1 Å². The number of hydrogen-bond acceptors (Lipinski definition) is 2. The van der Waals surface area contributed by atoms with Gasteiger partial charge in [-0.25, -0.2) is 9.37 Å². The number of carbonyl (C=O) groups excluding carboxylic acids is 1. The van der Waals surface area contributed by atoms with Gasteiger partial charge < -0.3 is 9.88 Å². The normalized spacial score (nSPS) is 10.9. The van der Waals surface area contributed by atoms with E-state index in [2.05, 4.69) is 10.3 Å². The van der Waals surface area contributed by atoms with Gasteiger partial charge in [0.05, 0.1) is 23.1 Å². The van der Waals surface area contributed by atoms with Crippen molar-refractivity contribution in [3.05, 3.63) is 64.7 Å². The summed E-state index contributed by atoms with van der Waals surface area (Å²) in [4.78, 5) is 16.7. The van der Waals surface area contributed by atoms with Crippen molar-refractivity contribution in [1.29, 1.82) is 0 Å². The molecule has 2 aromatic carbocycles. The van der Waals surface area contributed by atoms with E-state index in [1.54, 1.807) is 0 Å². The summed E-state index contributed by atoms with van der Waals surface area (Å²) in [7, 11) is 0. The van der Waals surface area contributed by atoms with Gasteiger partial charge in [-0.15, -0.1) is 0 Å². The molecule has 1 aromatic heterocycles. The molecule has 3 aromatic rings. The first kappa shape index (κ1) is 15.5. The van der Waals surface area contributed by atoms with Gasteiger partial charge in [0.1, 0.15) is 11.6 Å². The average molecular weight is 332 g/mol. The van der Waals surface area contributed by atoms with Crippen LogP contribution >= 0.6 is 11.6 Å². The van der Waals surface area contributed by atoms with Crippen molar-refractivity contribution in [3.63, 3.8) is 0 Å². The van der Waals surface area contributed by atoms with E-state index in [1.165, 1.54) is 18.2 Å². The minimum absolute atomic E-state index is 0.0725. The summed E-state index contributed by atoms with van der Waals surface area (Å²) in [5.41, 5.74) is 1.80. The first-order valence-electron chi connectivity index (χ1n) is 7.27. The van der Waals surface area contributed by atoms with Gasteiger partial charge in [-0.3, -0.25) is 4.79 Å². The Balaban J connectivity index is 1.83. The third-order valence-corrected chi connectivity index (χ3v) is 3.87. The van der Waals surface area contributed by atoms with Crippen LogP contribution < -0.4 is 5.32 Å². The fourth-order valence-electron chi connectivity index (χ4n) is 2.54. The van der Waals surface area contributed by atoms with Gasteiger partial charge in [0.2, 0.25) is 0 Å². The Hall–Kier alpha value is -2.40. The van der Waals surface area contributed by atoms with Gasteiger partial charge in [-0.2, -0.15) is 0 Å². The van der Waals surface area contributed by atoms with Gasteiger partial charge in [0.15, 0.2) is 0 Å². The van der Waals surface area contributed by atoms with Crippen molar-refractivity contribution in [2.24, 2.45) is 0 Å². The van der Waals surface area contributed by atoms with Crippen molar-refractivity contribution in [3.8, 4) is 0 Å². The Morgan fingerprint density at radius 3 is 2.87 bits per heavy atom. The molecule has 0 atom stereocenters. The highest BCUT2D eigenvalue weighted by Gasteiger charge is 2.14. The number of rotatable bonds is 4. The molecule has 0 unspecified atom stereocenters.